The predicted molar refractivity (Wildman–Crippen MR) is 169 cm³/mol. The van der Waals surface area contributed by atoms with E-state index in [1.165, 1.54) is 0 Å². The Labute approximate surface area is 263 Å². The van der Waals surface area contributed by atoms with E-state index in [1.54, 1.807) is 48.5 Å². The number of halogens is 2. The van der Waals surface area contributed by atoms with Crippen molar-refractivity contribution in [3.8, 4) is 11.5 Å². The van der Waals surface area contributed by atoms with Gasteiger partial charge in [-0.15, -0.1) is 0 Å². The number of anilines is 2. The summed E-state index contributed by atoms with van der Waals surface area (Å²) in [5.74, 6) is -0.0431. The normalized spacial score (nSPS) is 16.1. The first kappa shape index (κ1) is 30.7. The van der Waals surface area contributed by atoms with Crippen molar-refractivity contribution in [1.82, 2.24) is 4.90 Å². The first-order valence-corrected chi connectivity index (χ1v) is 15.2. The smallest absolute Gasteiger partial charge is 0.294 e. The second-order valence-electron chi connectivity index (χ2n) is 9.60. The Morgan fingerprint density at radius 3 is 2.58 bits per heavy atom. The molecule has 224 valence electrons. The van der Waals surface area contributed by atoms with Gasteiger partial charge in [-0.1, -0.05) is 47.5 Å². The molecule has 0 bridgehead atoms. The fourth-order valence-corrected chi connectivity index (χ4v) is 5.88. The Bertz CT molecular complexity index is 1560. The van der Waals surface area contributed by atoms with Gasteiger partial charge in [0, 0.05) is 28.7 Å². The largest absolute Gasteiger partial charge is 0.490 e. The van der Waals surface area contributed by atoms with Gasteiger partial charge in [0.15, 0.2) is 11.5 Å². The number of nitrogens with one attached hydrogen (secondary N) is 1. The van der Waals surface area contributed by atoms with Crippen LogP contribution in [0.5, 0.6) is 11.5 Å². The van der Waals surface area contributed by atoms with Crippen molar-refractivity contribution in [2.75, 3.05) is 49.7 Å². The first-order valence-electron chi connectivity index (χ1n) is 13.6. The molecule has 0 atom stereocenters. The highest BCUT2D eigenvalue weighted by atomic mass is 35.5. The zero-order valence-electron chi connectivity index (χ0n) is 23.3. The topological polar surface area (TPSA) is 97.4 Å². The van der Waals surface area contributed by atoms with E-state index in [1.807, 2.05) is 25.1 Å². The van der Waals surface area contributed by atoms with Crippen LogP contribution in [0.2, 0.25) is 10.0 Å². The maximum absolute atomic E-state index is 13.2. The van der Waals surface area contributed by atoms with E-state index >= 15 is 0 Å². The number of benzene rings is 3. The summed E-state index contributed by atoms with van der Waals surface area (Å²) in [6.07, 6.45) is 1.60. The van der Waals surface area contributed by atoms with Crippen molar-refractivity contribution in [3.05, 3.63) is 86.7 Å². The van der Waals surface area contributed by atoms with Crippen LogP contribution in [0.3, 0.4) is 0 Å². The summed E-state index contributed by atoms with van der Waals surface area (Å²) in [7, 11) is 0. The molecule has 3 amide bonds. The first-order chi connectivity index (χ1) is 20.8. The summed E-state index contributed by atoms with van der Waals surface area (Å²) in [6, 6.07) is 17.8. The minimum absolute atomic E-state index is 0.202. The van der Waals surface area contributed by atoms with Gasteiger partial charge in [-0.2, -0.15) is 0 Å². The number of nitrogens with zero attached hydrogens (tertiary/aromatic N) is 2. The number of carbonyl (C=O) groups is 3. The van der Waals surface area contributed by atoms with Crippen molar-refractivity contribution < 1.29 is 28.6 Å². The van der Waals surface area contributed by atoms with Crippen LogP contribution in [-0.2, 0) is 20.9 Å². The van der Waals surface area contributed by atoms with Gasteiger partial charge in [0.1, 0.15) is 13.2 Å². The summed E-state index contributed by atoms with van der Waals surface area (Å²) >= 11 is 13.0. The van der Waals surface area contributed by atoms with Crippen LogP contribution in [-0.4, -0.2) is 61.4 Å². The third-order valence-electron chi connectivity index (χ3n) is 6.67. The van der Waals surface area contributed by atoms with E-state index in [-0.39, 0.29) is 11.5 Å². The Kier molecular flexibility index (Phi) is 10.1. The minimum Gasteiger partial charge on any atom is -0.490 e. The summed E-state index contributed by atoms with van der Waals surface area (Å²) in [5, 5.41) is 3.37. The van der Waals surface area contributed by atoms with Crippen molar-refractivity contribution in [3.63, 3.8) is 0 Å². The zero-order chi connectivity index (χ0) is 30.3. The molecule has 0 spiro atoms. The maximum Gasteiger partial charge on any atom is 0.294 e. The third-order valence-corrected chi connectivity index (χ3v) is 8.16. The molecule has 2 aliphatic rings. The van der Waals surface area contributed by atoms with Gasteiger partial charge in [0.2, 0.25) is 5.91 Å². The van der Waals surface area contributed by atoms with Gasteiger partial charge in [0.05, 0.1) is 36.1 Å². The summed E-state index contributed by atoms with van der Waals surface area (Å²) in [6.45, 7) is 4.66. The monoisotopic (exact) mass is 641 g/mol. The van der Waals surface area contributed by atoms with E-state index in [9.17, 15) is 14.4 Å². The summed E-state index contributed by atoms with van der Waals surface area (Å²) in [5.41, 5.74) is 2.87. The molecule has 0 saturated carbocycles. The maximum atomic E-state index is 13.2. The van der Waals surface area contributed by atoms with E-state index in [4.69, 9.17) is 37.4 Å². The van der Waals surface area contributed by atoms with Gasteiger partial charge in [-0.25, -0.2) is 0 Å². The molecule has 2 saturated heterocycles. The molecule has 9 nitrogen and oxygen atoms in total. The van der Waals surface area contributed by atoms with E-state index in [2.05, 4.69) is 10.2 Å². The van der Waals surface area contributed by atoms with Crippen molar-refractivity contribution in [2.24, 2.45) is 0 Å². The molecule has 1 N–H and O–H groups in total. The standard InChI is InChI=1S/C31H29Cl2N3O6S/c1-2-41-27-15-20(7-10-26(27)42-19-21-8-9-22(32)17-23(21)33)16-28-30(38)36(31(39)43-28)18-29(37)34-24-5-3-4-6-25(24)35-11-13-40-14-12-35/h3-10,15-17H,2,11-14,18-19H2,1H3,(H,34,37)/b28-16+. The highest BCUT2D eigenvalue weighted by molar-refractivity contribution is 8.18. The number of para-hydroxylation sites is 2. The average Bonchev–Trinajstić information content (AvgIpc) is 3.25. The number of hydrogen-bond acceptors (Lipinski definition) is 8. The van der Waals surface area contributed by atoms with Crippen LogP contribution in [0.4, 0.5) is 16.2 Å². The third kappa shape index (κ3) is 7.64. The number of imide groups is 1. The zero-order valence-corrected chi connectivity index (χ0v) is 25.6. The van der Waals surface area contributed by atoms with Crippen molar-refractivity contribution in [1.29, 1.82) is 0 Å². The lowest BCUT2D eigenvalue weighted by Crippen LogP contribution is -2.38. The molecule has 3 aromatic carbocycles. The number of ether oxygens (including phenoxy) is 3. The Morgan fingerprint density at radius 2 is 1.81 bits per heavy atom. The van der Waals surface area contributed by atoms with Crippen LogP contribution in [0.1, 0.15) is 18.1 Å². The molecular formula is C31H29Cl2N3O6S. The highest BCUT2D eigenvalue weighted by Crippen LogP contribution is 2.35. The van der Waals surface area contributed by atoms with Crippen LogP contribution >= 0.6 is 35.0 Å². The van der Waals surface area contributed by atoms with Crippen LogP contribution in [0, 0.1) is 0 Å². The second-order valence-corrected chi connectivity index (χ2v) is 11.4. The number of rotatable bonds is 10. The summed E-state index contributed by atoms with van der Waals surface area (Å²) in [4.78, 5) is 42.1. The van der Waals surface area contributed by atoms with Crippen LogP contribution < -0.4 is 19.7 Å². The molecule has 3 aromatic rings. The van der Waals surface area contributed by atoms with Gasteiger partial charge in [0.25, 0.3) is 11.1 Å². The van der Waals surface area contributed by atoms with Gasteiger partial charge >= 0.3 is 0 Å². The fourth-order valence-electron chi connectivity index (χ4n) is 4.58. The van der Waals surface area contributed by atoms with E-state index in [0.717, 1.165) is 27.9 Å². The van der Waals surface area contributed by atoms with E-state index < -0.39 is 23.6 Å². The Hall–Kier alpha value is -3.70. The summed E-state index contributed by atoms with van der Waals surface area (Å²) < 4.78 is 17.2. The molecule has 0 aliphatic carbocycles. The van der Waals surface area contributed by atoms with Gasteiger partial charge < -0.3 is 24.4 Å². The number of hydrogen-bond donors (Lipinski definition) is 1. The molecule has 5 rings (SSSR count). The van der Waals surface area contributed by atoms with Crippen LogP contribution in [0.15, 0.2) is 65.6 Å². The molecule has 0 aromatic heterocycles. The SMILES string of the molecule is CCOc1cc(/C=C2/SC(=O)N(CC(=O)Nc3ccccc3N3CCOCC3)C2=O)ccc1OCc1ccc(Cl)cc1Cl. The molecule has 2 aliphatic heterocycles. The van der Waals surface area contributed by atoms with Crippen molar-refractivity contribution in [2.45, 2.75) is 13.5 Å². The Morgan fingerprint density at radius 1 is 1.02 bits per heavy atom. The fraction of sp³-hybridized carbons (Fsp3) is 0.258. The quantitative estimate of drug-likeness (QED) is 0.251. The van der Waals surface area contributed by atoms with Crippen molar-refractivity contribution >= 4 is 69.5 Å². The number of amides is 3. The van der Waals surface area contributed by atoms with Crippen LogP contribution in [0.25, 0.3) is 6.08 Å². The number of carbonyl (C=O) groups excluding carboxylic acids is 3. The molecule has 12 heteroatoms. The lowest BCUT2D eigenvalue weighted by molar-refractivity contribution is -0.127. The highest BCUT2D eigenvalue weighted by Gasteiger charge is 2.36. The molecule has 0 unspecified atom stereocenters. The molecule has 2 fully saturated rings. The van der Waals surface area contributed by atoms with Gasteiger partial charge in [-0.3, -0.25) is 19.3 Å². The minimum atomic E-state index is -0.540. The molecular weight excluding hydrogens is 613 g/mol. The Balaban J connectivity index is 1.25. The molecule has 43 heavy (non-hydrogen) atoms. The second kappa shape index (κ2) is 14.2. The lowest BCUT2D eigenvalue weighted by atomic mass is 10.1. The number of thioether (sulfide) groups is 1. The van der Waals surface area contributed by atoms with Gasteiger partial charge in [-0.05, 0) is 66.7 Å². The average molecular weight is 643 g/mol. The molecule has 0 radical (unpaired) electrons. The number of morpholine rings is 1. The lowest BCUT2D eigenvalue weighted by Gasteiger charge is -2.30. The molecule has 2 heterocycles. The predicted octanol–water partition coefficient (Wildman–Crippen LogP) is 6.48. The van der Waals surface area contributed by atoms with E-state index in [0.29, 0.717) is 65.7 Å².